The number of pyridine rings is 1. The van der Waals surface area contributed by atoms with Crippen LogP contribution in [0.25, 0.3) is 0 Å². The Balaban J connectivity index is 2.69. The number of carboxylic acids is 1. The van der Waals surface area contributed by atoms with E-state index in [1.807, 2.05) is 18.9 Å². The summed E-state index contributed by atoms with van der Waals surface area (Å²) < 4.78 is 13.0. The predicted octanol–water partition coefficient (Wildman–Crippen LogP) is 1.93. The van der Waals surface area contributed by atoms with Crippen LogP contribution in [0.3, 0.4) is 0 Å². The molecule has 1 rings (SSSR count). The second-order valence-electron chi connectivity index (χ2n) is 4.29. The molecule has 1 aromatic heterocycles. The zero-order valence-corrected chi connectivity index (χ0v) is 10.2. The molecule has 0 aromatic carbocycles. The van der Waals surface area contributed by atoms with Gasteiger partial charge in [-0.3, -0.25) is 14.7 Å². The Morgan fingerprint density at radius 1 is 1.53 bits per heavy atom. The van der Waals surface area contributed by atoms with E-state index in [0.29, 0.717) is 6.54 Å². The van der Waals surface area contributed by atoms with Gasteiger partial charge in [0.1, 0.15) is 5.82 Å². The number of carbonyl (C=O) groups is 1. The first kappa shape index (κ1) is 13.6. The predicted molar refractivity (Wildman–Crippen MR) is 62.0 cm³/mol. The van der Waals surface area contributed by atoms with Gasteiger partial charge in [-0.2, -0.15) is 0 Å². The van der Waals surface area contributed by atoms with Gasteiger partial charge in [-0.05, 0) is 25.6 Å². The normalized spacial score (nSPS) is 14.6. The smallest absolute Gasteiger partial charge is 0.307 e. The van der Waals surface area contributed by atoms with E-state index in [4.69, 9.17) is 5.11 Å². The van der Waals surface area contributed by atoms with E-state index in [1.165, 1.54) is 6.07 Å². The van der Waals surface area contributed by atoms with E-state index in [0.717, 1.165) is 11.8 Å². The van der Waals surface area contributed by atoms with Crippen LogP contribution in [0, 0.1) is 11.7 Å². The third-order valence-corrected chi connectivity index (χ3v) is 2.85. The molecule has 1 N–H and O–H groups in total. The molecule has 0 amide bonds. The molecule has 4 nitrogen and oxygen atoms in total. The maximum Gasteiger partial charge on any atom is 0.307 e. The van der Waals surface area contributed by atoms with Gasteiger partial charge in [0.05, 0.1) is 12.1 Å². The van der Waals surface area contributed by atoms with E-state index < -0.39 is 11.9 Å². The summed E-state index contributed by atoms with van der Waals surface area (Å²) in [4.78, 5) is 16.4. The average Bonchev–Trinajstić information content (AvgIpc) is 2.27. The molecule has 2 atom stereocenters. The molecule has 5 heteroatoms. The van der Waals surface area contributed by atoms with Gasteiger partial charge in [-0.25, -0.2) is 4.39 Å². The van der Waals surface area contributed by atoms with Crippen LogP contribution < -0.4 is 0 Å². The summed E-state index contributed by atoms with van der Waals surface area (Å²) in [5.74, 6) is -1.67. The van der Waals surface area contributed by atoms with Crippen molar-refractivity contribution < 1.29 is 14.3 Å². The van der Waals surface area contributed by atoms with Gasteiger partial charge in [0.25, 0.3) is 0 Å². The average molecular weight is 240 g/mol. The van der Waals surface area contributed by atoms with E-state index in [-0.39, 0.29) is 11.9 Å². The summed E-state index contributed by atoms with van der Waals surface area (Å²) in [6.45, 7) is 3.95. The van der Waals surface area contributed by atoms with Gasteiger partial charge in [-0.1, -0.05) is 6.92 Å². The Labute approximate surface area is 100 Å². The summed E-state index contributed by atoms with van der Waals surface area (Å²) in [5, 5.41) is 8.83. The van der Waals surface area contributed by atoms with Gasteiger partial charge in [0.2, 0.25) is 0 Å². The molecule has 2 unspecified atom stereocenters. The lowest BCUT2D eigenvalue weighted by atomic mass is 10.1. The summed E-state index contributed by atoms with van der Waals surface area (Å²) in [7, 11) is 1.81. The van der Waals surface area contributed by atoms with Crippen molar-refractivity contribution in [2.75, 3.05) is 13.6 Å². The molecular formula is C12H17FN2O2. The zero-order valence-electron chi connectivity index (χ0n) is 10.2. The third-order valence-electron chi connectivity index (χ3n) is 2.85. The number of carboxylic acid groups (broad SMARTS) is 1. The minimum Gasteiger partial charge on any atom is -0.481 e. The quantitative estimate of drug-likeness (QED) is 0.854. The highest BCUT2D eigenvalue weighted by Gasteiger charge is 2.18. The van der Waals surface area contributed by atoms with Gasteiger partial charge in [-0.15, -0.1) is 0 Å². The molecule has 1 aromatic rings. The number of hydrogen-bond acceptors (Lipinski definition) is 3. The molecule has 94 valence electrons. The highest BCUT2D eigenvalue weighted by atomic mass is 19.1. The lowest BCUT2D eigenvalue weighted by molar-refractivity contribution is -0.141. The van der Waals surface area contributed by atoms with Crippen LogP contribution in [0.2, 0.25) is 0 Å². The molecular weight excluding hydrogens is 223 g/mol. The lowest BCUT2D eigenvalue weighted by Crippen LogP contribution is -2.30. The topological polar surface area (TPSA) is 53.4 Å². The monoisotopic (exact) mass is 240 g/mol. The molecule has 0 spiro atoms. The molecule has 0 fully saturated rings. The van der Waals surface area contributed by atoms with Crippen molar-refractivity contribution in [3.8, 4) is 0 Å². The van der Waals surface area contributed by atoms with Crippen LogP contribution in [0.15, 0.2) is 18.5 Å². The molecule has 0 aliphatic carbocycles. The first-order valence-corrected chi connectivity index (χ1v) is 5.45. The first-order chi connectivity index (χ1) is 7.91. The highest BCUT2D eigenvalue weighted by Crippen LogP contribution is 2.19. The molecule has 0 radical (unpaired) electrons. The zero-order chi connectivity index (χ0) is 13.0. The third kappa shape index (κ3) is 3.78. The molecule has 17 heavy (non-hydrogen) atoms. The highest BCUT2D eigenvalue weighted by molar-refractivity contribution is 5.69. The summed E-state index contributed by atoms with van der Waals surface area (Å²) in [5.41, 5.74) is 0.741. The minimum atomic E-state index is -0.832. The molecule has 0 aliphatic rings. The number of halogens is 1. The SMILES string of the molecule is CC(CN(C)C(C)c1cncc(F)c1)C(=O)O. The van der Waals surface area contributed by atoms with Crippen molar-refractivity contribution in [2.24, 2.45) is 5.92 Å². The Morgan fingerprint density at radius 2 is 2.18 bits per heavy atom. The lowest BCUT2D eigenvalue weighted by Gasteiger charge is -2.26. The molecule has 0 bridgehead atoms. The van der Waals surface area contributed by atoms with Gasteiger partial charge in [0, 0.05) is 18.8 Å². The fourth-order valence-electron chi connectivity index (χ4n) is 1.58. The van der Waals surface area contributed by atoms with Crippen molar-refractivity contribution >= 4 is 5.97 Å². The fourth-order valence-corrected chi connectivity index (χ4v) is 1.58. The van der Waals surface area contributed by atoms with Gasteiger partial charge < -0.3 is 5.11 Å². The van der Waals surface area contributed by atoms with Crippen molar-refractivity contribution in [1.29, 1.82) is 0 Å². The number of nitrogens with zero attached hydrogens (tertiary/aromatic N) is 2. The molecule has 1 heterocycles. The van der Waals surface area contributed by atoms with Crippen LogP contribution >= 0.6 is 0 Å². The maximum atomic E-state index is 13.0. The second-order valence-corrected chi connectivity index (χ2v) is 4.29. The van der Waals surface area contributed by atoms with Crippen molar-refractivity contribution in [3.05, 3.63) is 29.8 Å². The number of hydrogen-bond donors (Lipinski definition) is 1. The van der Waals surface area contributed by atoms with Gasteiger partial charge >= 0.3 is 5.97 Å². The largest absolute Gasteiger partial charge is 0.481 e. The molecule has 0 saturated heterocycles. The maximum absolute atomic E-state index is 13.0. The van der Waals surface area contributed by atoms with Crippen molar-refractivity contribution in [3.63, 3.8) is 0 Å². The Morgan fingerprint density at radius 3 is 2.71 bits per heavy atom. The van der Waals surface area contributed by atoms with Crippen molar-refractivity contribution in [2.45, 2.75) is 19.9 Å². The van der Waals surface area contributed by atoms with Crippen LogP contribution in [0.4, 0.5) is 4.39 Å². The van der Waals surface area contributed by atoms with Crippen LogP contribution in [0.1, 0.15) is 25.5 Å². The Kier molecular flexibility index (Phi) is 4.57. The second kappa shape index (κ2) is 5.72. The fraction of sp³-hybridized carbons (Fsp3) is 0.500. The van der Waals surface area contributed by atoms with Crippen LogP contribution in [0.5, 0.6) is 0 Å². The first-order valence-electron chi connectivity index (χ1n) is 5.45. The summed E-state index contributed by atoms with van der Waals surface area (Å²) in [6, 6.07) is 1.35. The number of aromatic nitrogens is 1. The van der Waals surface area contributed by atoms with Gasteiger partial charge in [0.15, 0.2) is 0 Å². The standard InChI is InChI=1S/C12H17FN2O2/c1-8(12(16)17)7-15(3)9(2)10-4-11(13)6-14-5-10/h4-6,8-9H,7H2,1-3H3,(H,16,17). The van der Waals surface area contributed by atoms with E-state index in [2.05, 4.69) is 4.98 Å². The Hall–Kier alpha value is -1.49. The van der Waals surface area contributed by atoms with Crippen LogP contribution in [-0.4, -0.2) is 34.6 Å². The minimum absolute atomic E-state index is 0.0694. The van der Waals surface area contributed by atoms with E-state index in [1.54, 1.807) is 13.1 Å². The Bertz CT molecular complexity index is 398. The number of rotatable bonds is 5. The van der Waals surface area contributed by atoms with Crippen molar-refractivity contribution in [1.82, 2.24) is 9.88 Å². The summed E-state index contributed by atoms with van der Waals surface area (Å²) >= 11 is 0. The van der Waals surface area contributed by atoms with E-state index >= 15 is 0 Å². The van der Waals surface area contributed by atoms with Crippen LogP contribution in [-0.2, 0) is 4.79 Å². The number of aliphatic carboxylic acids is 1. The summed E-state index contributed by atoms with van der Waals surface area (Å²) in [6.07, 6.45) is 2.74. The molecule has 0 saturated carbocycles. The van der Waals surface area contributed by atoms with E-state index in [9.17, 15) is 9.18 Å². The molecule has 0 aliphatic heterocycles.